The van der Waals surface area contributed by atoms with Gasteiger partial charge in [-0.05, 0) is 12.1 Å². The van der Waals surface area contributed by atoms with Crippen molar-refractivity contribution in [3.05, 3.63) is 41.4 Å². The molecule has 0 saturated carbocycles. The summed E-state index contributed by atoms with van der Waals surface area (Å²) in [4.78, 5) is 24.4. The van der Waals surface area contributed by atoms with Gasteiger partial charge in [-0.25, -0.2) is 0 Å². The number of halogens is 1. The van der Waals surface area contributed by atoms with Crippen LogP contribution in [0.5, 0.6) is 0 Å². The second-order valence-electron chi connectivity index (χ2n) is 3.92. The van der Waals surface area contributed by atoms with E-state index in [1.54, 1.807) is 12.1 Å². The van der Waals surface area contributed by atoms with E-state index in [0.29, 0.717) is 10.2 Å². The summed E-state index contributed by atoms with van der Waals surface area (Å²) in [6, 6.07) is 8.50. The van der Waals surface area contributed by atoms with Crippen molar-refractivity contribution in [2.75, 3.05) is 11.5 Å². The lowest BCUT2D eigenvalue weighted by Gasteiger charge is -2.43. The Morgan fingerprint density at radius 1 is 1.44 bits per heavy atom. The maximum atomic E-state index is 11.9. The quantitative estimate of drug-likeness (QED) is 0.616. The number of carbonyl (C=O) groups is 2. The topological polar surface area (TPSA) is 46.6 Å². The molecule has 0 bridgehead atoms. The molecule has 1 amide bonds. The third-order valence-corrected chi connectivity index (χ3v) is 2.91. The SMILES string of the molecule is C=C(Br)CO[C@H]1C(=O)N(c2ccccc2)[C@H]1C=O. The van der Waals surface area contributed by atoms with Crippen molar-refractivity contribution in [1.82, 2.24) is 0 Å². The van der Waals surface area contributed by atoms with Gasteiger partial charge in [0, 0.05) is 10.2 Å². The number of ether oxygens (including phenoxy) is 1. The summed E-state index contributed by atoms with van der Waals surface area (Å²) in [6.07, 6.45) is 0.0211. The average molecular weight is 310 g/mol. The molecule has 2 rings (SSSR count). The van der Waals surface area contributed by atoms with Crippen LogP contribution in [-0.2, 0) is 14.3 Å². The zero-order valence-corrected chi connectivity index (χ0v) is 11.2. The molecular weight excluding hydrogens is 298 g/mol. The lowest BCUT2D eigenvalue weighted by atomic mass is 9.98. The van der Waals surface area contributed by atoms with Crippen LogP contribution in [0.1, 0.15) is 0 Å². The molecule has 18 heavy (non-hydrogen) atoms. The fraction of sp³-hybridized carbons (Fsp3) is 0.231. The highest BCUT2D eigenvalue weighted by molar-refractivity contribution is 9.11. The first kappa shape index (κ1) is 13.0. The van der Waals surface area contributed by atoms with Crippen molar-refractivity contribution in [1.29, 1.82) is 0 Å². The van der Waals surface area contributed by atoms with Crippen LogP contribution in [0.3, 0.4) is 0 Å². The molecule has 2 atom stereocenters. The van der Waals surface area contributed by atoms with Gasteiger partial charge in [-0.1, -0.05) is 40.7 Å². The van der Waals surface area contributed by atoms with Gasteiger partial charge in [0.15, 0.2) is 6.10 Å². The number of amides is 1. The highest BCUT2D eigenvalue weighted by Crippen LogP contribution is 2.29. The van der Waals surface area contributed by atoms with E-state index >= 15 is 0 Å². The summed E-state index contributed by atoms with van der Waals surface area (Å²) < 4.78 is 5.98. The molecule has 1 aromatic rings. The number of β-lactam (4-membered cyclic amide) rings is 1. The van der Waals surface area contributed by atoms with Crippen molar-refractivity contribution in [2.24, 2.45) is 0 Å². The highest BCUT2D eigenvalue weighted by Gasteiger charge is 2.49. The molecule has 0 N–H and O–H groups in total. The molecule has 5 heteroatoms. The number of aldehydes is 1. The summed E-state index contributed by atoms with van der Waals surface area (Å²) >= 11 is 3.15. The predicted octanol–water partition coefficient (Wildman–Crippen LogP) is 1.89. The maximum Gasteiger partial charge on any atom is 0.259 e. The van der Waals surface area contributed by atoms with Gasteiger partial charge >= 0.3 is 0 Å². The van der Waals surface area contributed by atoms with Gasteiger partial charge < -0.3 is 9.53 Å². The Hall–Kier alpha value is -1.46. The molecule has 1 heterocycles. The second-order valence-corrected chi connectivity index (χ2v) is 5.04. The zero-order chi connectivity index (χ0) is 13.1. The van der Waals surface area contributed by atoms with Gasteiger partial charge in [-0.15, -0.1) is 0 Å². The second kappa shape index (κ2) is 5.46. The van der Waals surface area contributed by atoms with Crippen LogP contribution in [0, 0.1) is 0 Å². The number of hydrogen-bond acceptors (Lipinski definition) is 3. The Balaban J connectivity index is 2.10. The number of carbonyl (C=O) groups excluding carboxylic acids is 2. The van der Waals surface area contributed by atoms with Crippen LogP contribution in [-0.4, -0.2) is 30.9 Å². The van der Waals surface area contributed by atoms with E-state index < -0.39 is 12.1 Å². The number of benzene rings is 1. The van der Waals surface area contributed by atoms with E-state index in [-0.39, 0.29) is 12.5 Å². The molecule has 0 unspecified atom stereocenters. The summed E-state index contributed by atoms with van der Waals surface area (Å²) in [5, 5.41) is 0. The highest BCUT2D eigenvalue weighted by atomic mass is 79.9. The summed E-state index contributed by atoms with van der Waals surface area (Å²) in [7, 11) is 0. The van der Waals surface area contributed by atoms with Crippen molar-refractivity contribution >= 4 is 33.8 Å². The van der Waals surface area contributed by atoms with E-state index in [1.165, 1.54) is 4.90 Å². The summed E-state index contributed by atoms with van der Waals surface area (Å²) in [5.74, 6) is -0.202. The van der Waals surface area contributed by atoms with Crippen LogP contribution < -0.4 is 4.90 Å². The molecule has 1 aromatic carbocycles. The minimum absolute atomic E-state index is 0.202. The summed E-state index contributed by atoms with van der Waals surface area (Å²) in [6.45, 7) is 3.83. The smallest absolute Gasteiger partial charge is 0.259 e. The molecule has 0 aromatic heterocycles. The summed E-state index contributed by atoms with van der Waals surface area (Å²) in [5.41, 5.74) is 0.706. The monoisotopic (exact) mass is 309 g/mol. The Morgan fingerprint density at radius 2 is 2.11 bits per heavy atom. The van der Waals surface area contributed by atoms with Gasteiger partial charge in [-0.3, -0.25) is 9.69 Å². The van der Waals surface area contributed by atoms with E-state index in [9.17, 15) is 9.59 Å². The van der Waals surface area contributed by atoms with Crippen molar-refractivity contribution < 1.29 is 14.3 Å². The maximum absolute atomic E-state index is 11.9. The lowest BCUT2D eigenvalue weighted by molar-refractivity contribution is -0.144. The molecule has 94 valence electrons. The molecule has 0 radical (unpaired) electrons. The van der Waals surface area contributed by atoms with Gasteiger partial charge in [0.2, 0.25) is 0 Å². The van der Waals surface area contributed by atoms with Gasteiger partial charge in [0.1, 0.15) is 12.3 Å². The van der Waals surface area contributed by atoms with Gasteiger partial charge in [0.25, 0.3) is 5.91 Å². The number of para-hydroxylation sites is 1. The first-order valence-electron chi connectivity index (χ1n) is 5.43. The first-order chi connectivity index (χ1) is 8.65. The molecule has 0 aliphatic carbocycles. The molecule has 1 aliphatic heterocycles. The van der Waals surface area contributed by atoms with Crippen LogP contribution in [0.2, 0.25) is 0 Å². The third-order valence-electron chi connectivity index (χ3n) is 2.68. The van der Waals surface area contributed by atoms with E-state index in [0.717, 1.165) is 6.29 Å². The molecular formula is C13H12BrNO3. The number of nitrogens with zero attached hydrogens (tertiary/aromatic N) is 1. The van der Waals surface area contributed by atoms with Crippen molar-refractivity contribution in [3.8, 4) is 0 Å². The van der Waals surface area contributed by atoms with Crippen molar-refractivity contribution in [2.45, 2.75) is 12.1 Å². The predicted molar refractivity (Wildman–Crippen MR) is 71.6 cm³/mol. The van der Waals surface area contributed by atoms with Crippen LogP contribution in [0.4, 0.5) is 5.69 Å². The minimum atomic E-state index is -0.711. The molecule has 1 fully saturated rings. The normalized spacial score (nSPS) is 22.5. The van der Waals surface area contributed by atoms with Crippen LogP contribution in [0.15, 0.2) is 41.4 Å². The zero-order valence-electron chi connectivity index (χ0n) is 9.58. The Bertz CT molecular complexity index is 474. The Labute approximate surface area is 113 Å². The standard InChI is InChI=1S/C13H12BrNO3/c1-9(14)8-18-12-11(7-16)15(13(12)17)10-5-3-2-4-6-10/h2-7,11-12H,1,8H2/t11-,12+/m0/s1. The molecule has 1 aliphatic rings. The Morgan fingerprint density at radius 3 is 2.67 bits per heavy atom. The number of hydrogen-bond donors (Lipinski definition) is 0. The molecule has 4 nitrogen and oxygen atoms in total. The third kappa shape index (κ3) is 2.37. The van der Waals surface area contributed by atoms with Gasteiger partial charge in [-0.2, -0.15) is 0 Å². The first-order valence-corrected chi connectivity index (χ1v) is 6.22. The van der Waals surface area contributed by atoms with E-state index in [1.807, 2.05) is 18.2 Å². The minimum Gasteiger partial charge on any atom is -0.360 e. The average Bonchev–Trinajstić information content (AvgIpc) is 2.36. The number of rotatable bonds is 5. The van der Waals surface area contributed by atoms with Crippen LogP contribution in [0.25, 0.3) is 0 Å². The van der Waals surface area contributed by atoms with E-state index in [2.05, 4.69) is 22.5 Å². The largest absolute Gasteiger partial charge is 0.360 e. The molecule has 0 spiro atoms. The fourth-order valence-corrected chi connectivity index (χ4v) is 1.99. The Kier molecular flexibility index (Phi) is 3.93. The lowest BCUT2D eigenvalue weighted by Crippen LogP contribution is -2.67. The fourth-order valence-electron chi connectivity index (χ4n) is 1.85. The molecule has 1 saturated heterocycles. The van der Waals surface area contributed by atoms with Crippen LogP contribution >= 0.6 is 15.9 Å². The van der Waals surface area contributed by atoms with Gasteiger partial charge in [0.05, 0.1) is 6.61 Å². The van der Waals surface area contributed by atoms with Crippen molar-refractivity contribution in [3.63, 3.8) is 0 Å². The number of anilines is 1. The van der Waals surface area contributed by atoms with E-state index in [4.69, 9.17) is 4.74 Å².